The van der Waals surface area contributed by atoms with E-state index in [-0.39, 0.29) is 12.5 Å². The molecule has 1 unspecified atom stereocenters. The molecule has 3 heterocycles. The molecule has 0 spiro atoms. The van der Waals surface area contributed by atoms with Crippen LogP contribution in [0.15, 0.2) is 40.9 Å². The van der Waals surface area contributed by atoms with Gasteiger partial charge in [-0.05, 0) is 50.7 Å². The van der Waals surface area contributed by atoms with E-state index in [1.807, 2.05) is 11.8 Å². The van der Waals surface area contributed by atoms with Crippen LogP contribution in [0, 0.1) is 18.3 Å². The number of nitriles is 1. The van der Waals surface area contributed by atoms with Crippen LogP contribution < -0.4 is 4.74 Å². The van der Waals surface area contributed by atoms with Crippen LogP contribution in [0.4, 0.5) is 0 Å². The molecule has 4 rings (SSSR count). The average molecular weight is 449 g/mol. The Morgan fingerprint density at radius 1 is 1.27 bits per heavy atom. The number of likely N-dealkylation sites (tertiary alicyclic amines) is 1. The Morgan fingerprint density at radius 2 is 2.03 bits per heavy atom. The Morgan fingerprint density at radius 3 is 2.67 bits per heavy atom. The summed E-state index contributed by atoms with van der Waals surface area (Å²) in [7, 11) is 0. The zero-order valence-electron chi connectivity index (χ0n) is 19.2. The topological polar surface area (TPSA) is 100 Å². The maximum absolute atomic E-state index is 13.3. The second-order valence-corrected chi connectivity index (χ2v) is 8.08. The van der Waals surface area contributed by atoms with Crippen molar-refractivity contribution in [3.05, 3.63) is 59.1 Å². The third kappa shape index (κ3) is 4.91. The Kier molecular flexibility index (Phi) is 6.75. The first kappa shape index (κ1) is 22.6. The summed E-state index contributed by atoms with van der Waals surface area (Å²) in [6.07, 6.45) is 0.956. The summed E-state index contributed by atoms with van der Waals surface area (Å²) in [6.45, 7) is 9.62. The number of nitrogens with zero attached hydrogens (tertiary/aromatic N) is 6. The maximum atomic E-state index is 13.3. The fourth-order valence-electron chi connectivity index (χ4n) is 4.19. The van der Waals surface area contributed by atoms with Gasteiger partial charge in [-0.25, -0.2) is 4.68 Å². The molecule has 1 fully saturated rings. The molecule has 9 nitrogen and oxygen atoms in total. The van der Waals surface area contributed by atoms with Crippen molar-refractivity contribution in [2.24, 2.45) is 0 Å². The number of rotatable bonds is 8. The van der Waals surface area contributed by atoms with Crippen LogP contribution >= 0.6 is 0 Å². The smallest absolute Gasteiger partial charge is 0.274 e. The molecule has 33 heavy (non-hydrogen) atoms. The van der Waals surface area contributed by atoms with Gasteiger partial charge in [0.15, 0.2) is 18.1 Å². The second kappa shape index (κ2) is 9.88. The molecule has 0 radical (unpaired) electrons. The number of benzene rings is 1. The van der Waals surface area contributed by atoms with E-state index in [0.29, 0.717) is 47.7 Å². The number of carbonyl (C=O) groups is 1. The lowest BCUT2D eigenvalue weighted by Crippen LogP contribution is -2.38. The molecule has 1 atom stereocenters. The minimum absolute atomic E-state index is 0.114. The summed E-state index contributed by atoms with van der Waals surface area (Å²) in [4.78, 5) is 17.5. The first-order valence-electron chi connectivity index (χ1n) is 11.2. The fourth-order valence-corrected chi connectivity index (χ4v) is 4.19. The lowest BCUT2D eigenvalue weighted by Gasteiger charge is -2.25. The van der Waals surface area contributed by atoms with Crippen molar-refractivity contribution in [3.8, 4) is 17.6 Å². The van der Waals surface area contributed by atoms with Crippen LogP contribution in [-0.4, -0.2) is 62.9 Å². The van der Waals surface area contributed by atoms with E-state index in [1.165, 1.54) is 0 Å². The zero-order chi connectivity index (χ0) is 23.4. The SMILES string of the molecule is CCN(CC)C1CCN(C(=O)c2cc(OCc3cc(C)no3)n(-c3ccc(C#N)cc3)n2)C1. The van der Waals surface area contributed by atoms with Gasteiger partial charge < -0.3 is 14.2 Å². The summed E-state index contributed by atoms with van der Waals surface area (Å²) in [6, 6.07) is 12.9. The molecule has 1 aliphatic rings. The molecule has 3 aromatic rings. The first-order valence-corrected chi connectivity index (χ1v) is 11.2. The van der Waals surface area contributed by atoms with Gasteiger partial charge in [0.05, 0.1) is 23.0 Å². The highest BCUT2D eigenvalue weighted by Crippen LogP contribution is 2.24. The van der Waals surface area contributed by atoms with Crippen molar-refractivity contribution in [1.29, 1.82) is 5.26 Å². The molecule has 0 aliphatic carbocycles. The Labute approximate surface area is 193 Å². The first-order chi connectivity index (χ1) is 16.0. The van der Waals surface area contributed by atoms with Gasteiger partial charge in [-0.1, -0.05) is 19.0 Å². The number of hydrogen-bond donors (Lipinski definition) is 0. The predicted octanol–water partition coefficient (Wildman–Crippen LogP) is 3.18. The average Bonchev–Trinajstić information content (AvgIpc) is 3.58. The van der Waals surface area contributed by atoms with Crippen LogP contribution in [0.2, 0.25) is 0 Å². The lowest BCUT2D eigenvalue weighted by molar-refractivity contribution is 0.0771. The summed E-state index contributed by atoms with van der Waals surface area (Å²) >= 11 is 0. The van der Waals surface area contributed by atoms with Crippen molar-refractivity contribution < 1.29 is 14.1 Å². The van der Waals surface area contributed by atoms with E-state index >= 15 is 0 Å². The highest BCUT2D eigenvalue weighted by atomic mass is 16.5. The highest BCUT2D eigenvalue weighted by Gasteiger charge is 2.31. The molecule has 1 saturated heterocycles. The van der Waals surface area contributed by atoms with Gasteiger partial charge in [0.2, 0.25) is 5.88 Å². The molecule has 1 amide bonds. The third-order valence-corrected chi connectivity index (χ3v) is 5.96. The zero-order valence-corrected chi connectivity index (χ0v) is 19.2. The molecule has 172 valence electrons. The largest absolute Gasteiger partial charge is 0.469 e. The Balaban J connectivity index is 1.58. The fraction of sp³-hybridized carbons (Fsp3) is 0.417. The monoisotopic (exact) mass is 448 g/mol. The Hall–Kier alpha value is -3.64. The van der Waals surface area contributed by atoms with Crippen molar-refractivity contribution in [2.45, 2.75) is 39.8 Å². The van der Waals surface area contributed by atoms with Gasteiger partial charge in [-0.3, -0.25) is 9.69 Å². The minimum atomic E-state index is -0.114. The van der Waals surface area contributed by atoms with Crippen LogP contribution in [0.3, 0.4) is 0 Å². The molecule has 1 aromatic carbocycles. The molecule has 0 N–H and O–H groups in total. The van der Waals surface area contributed by atoms with Crippen LogP contribution in [0.5, 0.6) is 5.88 Å². The van der Waals surface area contributed by atoms with E-state index in [2.05, 4.69) is 35.1 Å². The number of carbonyl (C=O) groups excluding carboxylic acids is 1. The molecule has 9 heteroatoms. The third-order valence-electron chi connectivity index (χ3n) is 5.96. The standard InChI is InChI=1S/C24H28N6O3/c1-4-28(5-2)20-10-11-29(15-20)24(31)22-13-23(32-16-21-12-17(3)27-33-21)30(26-22)19-8-6-18(14-25)7-9-19/h6-9,12-13,20H,4-5,10-11,15-16H2,1-3H3. The van der Waals surface area contributed by atoms with Gasteiger partial charge >= 0.3 is 0 Å². The molecule has 2 aromatic heterocycles. The summed E-state index contributed by atoms with van der Waals surface area (Å²) < 4.78 is 12.8. The Bertz CT molecular complexity index is 1140. The summed E-state index contributed by atoms with van der Waals surface area (Å²) in [5, 5.41) is 17.5. The van der Waals surface area contributed by atoms with E-state index in [9.17, 15) is 4.79 Å². The van der Waals surface area contributed by atoms with Crippen molar-refractivity contribution in [1.82, 2.24) is 24.7 Å². The summed E-state index contributed by atoms with van der Waals surface area (Å²) in [5.41, 5.74) is 2.32. The van der Waals surface area contributed by atoms with E-state index in [1.54, 1.807) is 41.1 Å². The quantitative estimate of drug-likeness (QED) is 0.522. The van der Waals surface area contributed by atoms with Gasteiger partial charge in [0, 0.05) is 31.3 Å². The van der Waals surface area contributed by atoms with E-state index < -0.39 is 0 Å². The van der Waals surface area contributed by atoms with Crippen molar-refractivity contribution in [2.75, 3.05) is 26.2 Å². The number of aryl methyl sites for hydroxylation is 1. The van der Waals surface area contributed by atoms with Crippen LogP contribution in [-0.2, 0) is 6.61 Å². The second-order valence-electron chi connectivity index (χ2n) is 8.08. The van der Waals surface area contributed by atoms with Crippen LogP contribution in [0.25, 0.3) is 5.69 Å². The molecule has 0 saturated carbocycles. The number of hydrogen-bond acceptors (Lipinski definition) is 7. The normalized spacial score (nSPS) is 15.7. The number of likely N-dealkylation sites (N-methyl/N-ethyl adjacent to an activating group) is 1. The molecule has 0 bridgehead atoms. The number of ether oxygens (including phenoxy) is 1. The van der Waals surface area contributed by atoms with Crippen LogP contribution in [0.1, 0.15) is 47.8 Å². The van der Waals surface area contributed by atoms with Gasteiger partial charge in [0.1, 0.15) is 0 Å². The van der Waals surface area contributed by atoms with Crippen molar-refractivity contribution in [3.63, 3.8) is 0 Å². The van der Waals surface area contributed by atoms with Gasteiger partial charge in [0.25, 0.3) is 5.91 Å². The number of aromatic nitrogens is 3. The molecular formula is C24H28N6O3. The number of amides is 1. The summed E-state index contributed by atoms with van der Waals surface area (Å²) in [5.74, 6) is 0.878. The lowest BCUT2D eigenvalue weighted by atomic mass is 10.2. The van der Waals surface area contributed by atoms with E-state index in [0.717, 1.165) is 25.2 Å². The molecule has 1 aliphatic heterocycles. The highest BCUT2D eigenvalue weighted by molar-refractivity contribution is 5.93. The minimum Gasteiger partial charge on any atom is -0.469 e. The maximum Gasteiger partial charge on any atom is 0.274 e. The van der Waals surface area contributed by atoms with Gasteiger partial charge in [-0.2, -0.15) is 10.4 Å². The van der Waals surface area contributed by atoms with E-state index in [4.69, 9.17) is 14.5 Å². The van der Waals surface area contributed by atoms with Gasteiger partial charge in [-0.15, -0.1) is 0 Å². The predicted molar refractivity (Wildman–Crippen MR) is 121 cm³/mol. The molecular weight excluding hydrogens is 420 g/mol. The van der Waals surface area contributed by atoms with Crippen molar-refractivity contribution >= 4 is 5.91 Å².